The van der Waals surface area contributed by atoms with Gasteiger partial charge in [0.25, 0.3) is 0 Å². The molecule has 0 aliphatic carbocycles. The molecular weight excluding hydrogens is 290 g/mol. The molecule has 1 heterocycles. The van der Waals surface area contributed by atoms with E-state index in [1.165, 1.54) is 11.3 Å². The van der Waals surface area contributed by atoms with E-state index in [9.17, 15) is 9.90 Å². The number of hydrogen-bond acceptors (Lipinski definition) is 5. The molecule has 0 unspecified atom stereocenters. The molecule has 21 heavy (non-hydrogen) atoms. The van der Waals surface area contributed by atoms with E-state index in [1.54, 1.807) is 7.11 Å². The summed E-state index contributed by atoms with van der Waals surface area (Å²) in [4.78, 5) is 13.8. The van der Waals surface area contributed by atoms with Crippen LogP contribution < -0.4 is 0 Å². The van der Waals surface area contributed by atoms with Crippen LogP contribution in [0.15, 0.2) is 24.3 Å². The highest BCUT2D eigenvalue weighted by atomic mass is 32.1. The van der Waals surface area contributed by atoms with Gasteiger partial charge in [0.15, 0.2) is 0 Å². The predicted molar refractivity (Wildman–Crippen MR) is 83.0 cm³/mol. The number of aliphatic hydroxyl groups is 1. The van der Waals surface area contributed by atoms with Gasteiger partial charge in [-0.25, -0.2) is 4.79 Å². The molecule has 0 aliphatic heterocycles. The molecule has 0 aliphatic rings. The molecule has 1 aromatic carbocycles. The highest BCUT2D eigenvalue weighted by Gasteiger charge is 2.19. The van der Waals surface area contributed by atoms with E-state index in [0.717, 1.165) is 15.6 Å². The summed E-state index contributed by atoms with van der Waals surface area (Å²) >= 11 is 1.30. The third-order valence-electron chi connectivity index (χ3n) is 3.30. The van der Waals surface area contributed by atoms with Crippen molar-refractivity contribution in [2.75, 3.05) is 33.4 Å². The van der Waals surface area contributed by atoms with E-state index in [0.29, 0.717) is 31.1 Å². The molecule has 0 bridgehead atoms. The molecule has 0 radical (unpaired) electrons. The molecule has 1 aromatic heterocycles. The highest BCUT2D eigenvalue weighted by molar-refractivity contribution is 7.21. The topological polar surface area (TPSA) is 70.0 Å². The fourth-order valence-electron chi connectivity index (χ4n) is 2.28. The molecule has 0 fully saturated rings. The van der Waals surface area contributed by atoms with Crippen LogP contribution in [0.5, 0.6) is 0 Å². The predicted octanol–water partition coefficient (Wildman–Crippen LogP) is 2.04. The first-order valence-corrected chi connectivity index (χ1v) is 7.55. The summed E-state index contributed by atoms with van der Waals surface area (Å²) in [5.74, 6) is -0.901. The van der Waals surface area contributed by atoms with Crippen molar-refractivity contribution in [3.8, 4) is 0 Å². The van der Waals surface area contributed by atoms with Crippen LogP contribution in [0.2, 0.25) is 0 Å². The number of ether oxygens (including phenoxy) is 1. The minimum Gasteiger partial charge on any atom is -0.477 e. The molecule has 114 valence electrons. The Balaban J connectivity index is 2.33. The standard InChI is InChI=1S/C15H19NO4S/c1-20-9-7-16(6-8-17)10-12-11-4-2-3-5-13(11)21-14(12)15(18)19/h2-5,17H,6-10H2,1H3,(H,18,19). The number of nitrogens with zero attached hydrogens (tertiary/aromatic N) is 1. The number of rotatable bonds is 8. The number of methoxy groups -OCH3 is 1. The van der Waals surface area contributed by atoms with Crippen LogP contribution in [0.25, 0.3) is 10.1 Å². The number of aliphatic hydroxyl groups excluding tert-OH is 1. The minimum atomic E-state index is -0.901. The second kappa shape index (κ2) is 7.51. The lowest BCUT2D eigenvalue weighted by molar-refractivity contribution is 0.0699. The van der Waals surface area contributed by atoms with Crippen molar-refractivity contribution in [1.82, 2.24) is 4.90 Å². The number of aromatic carboxylic acids is 1. The molecule has 0 amide bonds. The molecule has 2 N–H and O–H groups in total. The maximum absolute atomic E-state index is 11.5. The Hall–Kier alpha value is -1.47. The molecule has 5 nitrogen and oxygen atoms in total. The number of hydrogen-bond donors (Lipinski definition) is 2. The van der Waals surface area contributed by atoms with Crippen molar-refractivity contribution in [3.05, 3.63) is 34.7 Å². The highest BCUT2D eigenvalue weighted by Crippen LogP contribution is 2.32. The number of thiophene rings is 1. The smallest absolute Gasteiger partial charge is 0.346 e. The monoisotopic (exact) mass is 309 g/mol. The molecule has 2 rings (SSSR count). The van der Waals surface area contributed by atoms with Crippen molar-refractivity contribution < 1.29 is 19.7 Å². The maximum atomic E-state index is 11.5. The van der Waals surface area contributed by atoms with Crippen molar-refractivity contribution in [1.29, 1.82) is 0 Å². The van der Waals surface area contributed by atoms with Gasteiger partial charge >= 0.3 is 5.97 Å². The van der Waals surface area contributed by atoms with E-state index in [-0.39, 0.29) is 6.61 Å². The van der Waals surface area contributed by atoms with Crippen LogP contribution in [0.4, 0.5) is 0 Å². The Bertz CT molecular complexity index is 611. The summed E-state index contributed by atoms with van der Waals surface area (Å²) in [6.07, 6.45) is 0. The summed E-state index contributed by atoms with van der Waals surface area (Å²) < 4.78 is 6.04. The quantitative estimate of drug-likeness (QED) is 0.781. The van der Waals surface area contributed by atoms with Crippen LogP contribution in [-0.2, 0) is 11.3 Å². The summed E-state index contributed by atoms with van der Waals surface area (Å²) in [6.45, 7) is 2.22. The van der Waals surface area contributed by atoms with E-state index in [2.05, 4.69) is 0 Å². The van der Waals surface area contributed by atoms with Crippen LogP contribution in [0, 0.1) is 0 Å². The van der Waals surface area contributed by atoms with E-state index in [4.69, 9.17) is 9.84 Å². The van der Waals surface area contributed by atoms with E-state index < -0.39 is 5.97 Å². The van der Waals surface area contributed by atoms with Crippen molar-refractivity contribution >= 4 is 27.4 Å². The molecular formula is C15H19NO4S. The van der Waals surface area contributed by atoms with Crippen LogP contribution in [0.3, 0.4) is 0 Å². The average Bonchev–Trinajstić information content (AvgIpc) is 2.84. The normalized spacial score (nSPS) is 11.4. The molecule has 2 aromatic rings. The van der Waals surface area contributed by atoms with Gasteiger partial charge in [0.2, 0.25) is 0 Å². The molecule has 6 heteroatoms. The lowest BCUT2D eigenvalue weighted by Gasteiger charge is -2.21. The van der Waals surface area contributed by atoms with Gasteiger partial charge in [-0.3, -0.25) is 4.90 Å². The van der Waals surface area contributed by atoms with Crippen molar-refractivity contribution in [3.63, 3.8) is 0 Å². The first-order valence-electron chi connectivity index (χ1n) is 6.73. The zero-order chi connectivity index (χ0) is 15.2. The molecule has 0 saturated heterocycles. The van der Waals surface area contributed by atoms with E-state index in [1.807, 2.05) is 29.2 Å². The first kappa shape index (κ1) is 15.9. The number of fused-ring (bicyclic) bond motifs is 1. The van der Waals surface area contributed by atoms with E-state index >= 15 is 0 Å². The van der Waals surface area contributed by atoms with Gasteiger partial charge in [0.1, 0.15) is 4.88 Å². The lowest BCUT2D eigenvalue weighted by Crippen LogP contribution is -2.30. The zero-order valence-corrected chi connectivity index (χ0v) is 12.7. The fraction of sp³-hybridized carbons (Fsp3) is 0.400. The second-order valence-corrected chi connectivity index (χ2v) is 5.76. The number of benzene rings is 1. The van der Waals surface area contributed by atoms with Gasteiger partial charge in [0.05, 0.1) is 13.2 Å². The van der Waals surface area contributed by atoms with Gasteiger partial charge < -0.3 is 14.9 Å². The third kappa shape index (κ3) is 3.79. The Morgan fingerprint density at radius 2 is 2.10 bits per heavy atom. The van der Waals surface area contributed by atoms with Crippen molar-refractivity contribution in [2.45, 2.75) is 6.54 Å². The van der Waals surface area contributed by atoms with Crippen LogP contribution >= 0.6 is 11.3 Å². The zero-order valence-electron chi connectivity index (χ0n) is 11.9. The Morgan fingerprint density at radius 3 is 2.76 bits per heavy atom. The van der Waals surface area contributed by atoms with Crippen molar-refractivity contribution in [2.24, 2.45) is 0 Å². The minimum absolute atomic E-state index is 0.0359. The summed E-state index contributed by atoms with van der Waals surface area (Å²) in [5, 5.41) is 19.5. The average molecular weight is 309 g/mol. The maximum Gasteiger partial charge on any atom is 0.346 e. The summed E-state index contributed by atoms with van der Waals surface area (Å²) in [7, 11) is 1.62. The number of carboxylic acids is 1. The largest absolute Gasteiger partial charge is 0.477 e. The second-order valence-electron chi connectivity index (χ2n) is 4.70. The Morgan fingerprint density at radius 1 is 1.33 bits per heavy atom. The van der Waals surface area contributed by atoms with Crippen LogP contribution in [-0.4, -0.2) is 54.5 Å². The Labute approximate surface area is 127 Å². The molecule has 0 atom stereocenters. The molecule has 0 spiro atoms. The molecule has 0 saturated carbocycles. The van der Waals surface area contributed by atoms with Gasteiger partial charge in [0, 0.05) is 31.4 Å². The summed E-state index contributed by atoms with van der Waals surface area (Å²) in [6, 6.07) is 7.70. The Kier molecular flexibility index (Phi) is 5.69. The number of carboxylic acid groups (broad SMARTS) is 1. The number of carbonyl (C=O) groups is 1. The lowest BCUT2D eigenvalue weighted by atomic mass is 10.1. The summed E-state index contributed by atoms with van der Waals surface area (Å²) in [5.41, 5.74) is 0.813. The third-order valence-corrected chi connectivity index (χ3v) is 4.50. The van der Waals surface area contributed by atoms with Gasteiger partial charge in [-0.05, 0) is 17.0 Å². The van der Waals surface area contributed by atoms with Gasteiger partial charge in [-0.15, -0.1) is 11.3 Å². The van der Waals surface area contributed by atoms with Gasteiger partial charge in [-0.2, -0.15) is 0 Å². The van der Waals surface area contributed by atoms with Gasteiger partial charge in [-0.1, -0.05) is 18.2 Å². The SMILES string of the molecule is COCCN(CCO)Cc1c(C(=O)O)sc2ccccc12. The fourth-order valence-corrected chi connectivity index (χ4v) is 3.34. The first-order chi connectivity index (χ1) is 10.2. The van der Waals surface area contributed by atoms with Crippen LogP contribution in [0.1, 0.15) is 15.2 Å².